The fourth-order valence-electron chi connectivity index (χ4n) is 1.27. The van der Waals surface area contributed by atoms with Crippen LogP contribution in [0.15, 0.2) is 46.9 Å². The third kappa shape index (κ3) is 0.804. The molecular formula is C10H8. The van der Waals surface area contributed by atoms with E-state index in [4.69, 9.17) is 0 Å². The molecule has 0 aromatic heterocycles. The molecule has 0 unspecified atom stereocenters. The van der Waals surface area contributed by atoms with Gasteiger partial charge in [0.15, 0.2) is 0 Å². The summed E-state index contributed by atoms with van der Waals surface area (Å²) in [6.07, 6.45) is 10.6. The quantitative estimate of drug-likeness (QED) is 0.440. The van der Waals surface area contributed by atoms with Gasteiger partial charge in [0.05, 0.1) is 0 Å². The number of hydrogen-bond acceptors (Lipinski definition) is 0. The van der Waals surface area contributed by atoms with E-state index in [1.54, 1.807) is 0 Å². The van der Waals surface area contributed by atoms with E-state index in [0.29, 0.717) is 0 Å². The second kappa shape index (κ2) is 2.19. The van der Waals surface area contributed by atoms with Gasteiger partial charge < -0.3 is 0 Å². The summed E-state index contributed by atoms with van der Waals surface area (Å²) in [7, 11) is 0. The Labute approximate surface area is 60.6 Å². The predicted molar refractivity (Wildman–Crippen MR) is 41.6 cm³/mol. The Morgan fingerprint density at radius 2 is 2.20 bits per heavy atom. The Morgan fingerprint density at radius 1 is 1.20 bits per heavy atom. The van der Waals surface area contributed by atoms with Crippen molar-refractivity contribution < 1.29 is 0 Å². The Morgan fingerprint density at radius 3 is 3.20 bits per heavy atom. The van der Waals surface area contributed by atoms with E-state index in [9.17, 15) is 0 Å². The summed E-state index contributed by atoms with van der Waals surface area (Å²) in [5.74, 6) is 0. The third-order valence-electron chi connectivity index (χ3n) is 1.83. The molecule has 2 aliphatic carbocycles. The largest absolute Gasteiger partial charge is 0.0798 e. The van der Waals surface area contributed by atoms with Crippen LogP contribution in [0.25, 0.3) is 0 Å². The highest BCUT2D eigenvalue weighted by atomic mass is 14.1. The van der Waals surface area contributed by atoms with E-state index in [2.05, 4.69) is 23.6 Å². The molecule has 0 nitrogen and oxygen atoms in total. The predicted octanol–water partition coefficient (Wildman–Crippen LogP) is 2.51. The summed E-state index contributed by atoms with van der Waals surface area (Å²) in [6.45, 7) is 0. The molecule has 0 aromatic carbocycles. The van der Waals surface area contributed by atoms with Gasteiger partial charge in [-0.25, -0.2) is 0 Å². The first-order chi connectivity index (χ1) is 4.97. The van der Waals surface area contributed by atoms with Crippen LogP contribution in [0.5, 0.6) is 0 Å². The van der Waals surface area contributed by atoms with E-state index >= 15 is 0 Å². The van der Waals surface area contributed by atoms with E-state index in [0.717, 1.165) is 12.8 Å². The van der Waals surface area contributed by atoms with Crippen LogP contribution in [-0.4, -0.2) is 0 Å². The van der Waals surface area contributed by atoms with Crippen molar-refractivity contribution in [2.24, 2.45) is 0 Å². The molecule has 0 aliphatic heterocycles. The molecule has 0 heterocycles. The first kappa shape index (κ1) is 5.56. The molecule has 0 aromatic rings. The molecule has 2 rings (SSSR count). The van der Waals surface area contributed by atoms with E-state index in [1.165, 1.54) is 11.1 Å². The van der Waals surface area contributed by atoms with Crippen molar-refractivity contribution in [1.29, 1.82) is 0 Å². The maximum Gasteiger partial charge on any atom is -0.00432 e. The van der Waals surface area contributed by atoms with Crippen LogP contribution in [0.1, 0.15) is 12.8 Å². The minimum absolute atomic E-state index is 1.05. The lowest BCUT2D eigenvalue weighted by atomic mass is 10.1. The van der Waals surface area contributed by atoms with Gasteiger partial charge in [-0.05, 0) is 30.6 Å². The Hall–Kier alpha value is -1.22. The fourth-order valence-corrected chi connectivity index (χ4v) is 1.27. The smallest absolute Gasteiger partial charge is 0.00432 e. The van der Waals surface area contributed by atoms with Gasteiger partial charge in [0.1, 0.15) is 0 Å². The van der Waals surface area contributed by atoms with Crippen LogP contribution >= 0.6 is 0 Å². The zero-order chi connectivity index (χ0) is 6.81. The molecule has 0 bridgehead atoms. The molecular weight excluding hydrogens is 120 g/mol. The van der Waals surface area contributed by atoms with Crippen LogP contribution in [-0.2, 0) is 0 Å². The summed E-state index contributed by atoms with van der Waals surface area (Å²) < 4.78 is 0. The average Bonchev–Trinajstić information content (AvgIpc) is 2.28. The Balaban J connectivity index is 2.46. The summed E-state index contributed by atoms with van der Waals surface area (Å²) in [6, 6.07) is 0. The first-order valence-electron chi connectivity index (χ1n) is 3.51. The molecule has 0 saturated heterocycles. The van der Waals surface area contributed by atoms with Crippen LogP contribution in [0.2, 0.25) is 0 Å². The molecule has 2 aliphatic rings. The van der Waals surface area contributed by atoms with E-state index in [-0.39, 0.29) is 0 Å². The van der Waals surface area contributed by atoms with Crippen LogP contribution < -0.4 is 0 Å². The molecule has 48 valence electrons. The van der Waals surface area contributed by atoms with Crippen molar-refractivity contribution in [2.75, 3.05) is 0 Å². The SMILES string of the molecule is C1=C=CC2=C(CC=1)CC=C2. The van der Waals surface area contributed by atoms with Crippen LogP contribution in [0.3, 0.4) is 0 Å². The zero-order valence-corrected chi connectivity index (χ0v) is 5.72. The second-order valence-electron chi connectivity index (χ2n) is 2.51. The first-order valence-corrected chi connectivity index (χ1v) is 3.51. The van der Waals surface area contributed by atoms with Crippen molar-refractivity contribution in [2.45, 2.75) is 12.8 Å². The summed E-state index contributed by atoms with van der Waals surface area (Å²) >= 11 is 0. The lowest BCUT2D eigenvalue weighted by molar-refractivity contribution is 1.13. The molecule has 0 radical (unpaired) electrons. The van der Waals surface area contributed by atoms with Gasteiger partial charge in [0, 0.05) is 0 Å². The highest BCUT2D eigenvalue weighted by Gasteiger charge is 2.04. The van der Waals surface area contributed by atoms with Crippen LogP contribution in [0.4, 0.5) is 0 Å². The van der Waals surface area contributed by atoms with Gasteiger partial charge in [-0.1, -0.05) is 29.2 Å². The second-order valence-corrected chi connectivity index (χ2v) is 2.51. The maximum atomic E-state index is 2.98. The Kier molecular flexibility index (Phi) is 1.22. The minimum Gasteiger partial charge on any atom is -0.0798 e. The minimum atomic E-state index is 1.05. The molecule has 0 fully saturated rings. The molecule has 0 N–H and O–H groups in total. The van der Waals surface area contributed by atoms with Crippen molar-refractivity contribution >= 4 is 0 Å². The van der Waals surface area contributed by atoms with Crippen molar-refractivity contribution in [3.05, 3.63) is 46.9 Å². The molecule has 0 amide bonds. The lowest BCUT2D eigenvalue weighted by Gasteiger charge is -1.95. The van der Waals surface area contributed by atoms with E-state index < -0.39 is 0 Å². The van der Waals surface area contributed by atoms with Gasteiger partial charge in [0.25, 0.3) is 0 Å². The maximum absolute atomic E-state index is 2.98. The van der Waals surface area contributed by atoms with Crippen molar-refractivity contribution in [3.63, 3.8) is 0 Å². The van der Waals surface area contributed by atoms with E-state index in [1.807, 2.05) is 12.2 Å². The number of hydrogen-bond donors (Lipinski definition) is 0. The third-order valence-corrected chi connectivity index (χ3v) is 1.83. The lowest BCUT2D eigenvalue weighted by Crippen LogP contribution is -1.77. The van der Waals surface area contributed by atoms with Gasteiger partial charge in [-0.3, -0.25) is 0 Å². The van der Waals surface area contributed by atoms with Crippen molar-refractivity contribution in [3.8, 4) is 0 Å². The standard InChI is InChI=1S/C10H8/c1-2-5-9-7-4-8-10(9)6-3-1/h2,4,6,8H,5,7H2. The average molecular weight is 128 g/mol. The zero-order valence-electron chi connectivity index (χ0n) is 5.72. The van der Waals surface area contributed by atoms with Gasteiger partial charge in [-0.15, -0.1) is 0 Å². The molecule has 0 saturated carbocycles. The normalized spacial score (nSPS) is 20.0. The fraction of sp³-hybridized carbons (Fsp3) is 0.200. The molecule has 0 atom stereocenters. The Bertz CT molecular complexity index is 301. The van der Waals surface area contributed by atoms with Gasteiger partial charge >= 0.3 is 0 Å². The van der Waals surface area contributed by atoms with Gasteiger partial charge in [-0.2, -0.15) is 0 Å². The molecule has 0 heteroatoms. The number of rotatable bonds is 0. The highest BCUT2D eigenvalue weighted by molar-refractivity contribution is 5.43. The van der Waals surface area contributed by atoms with Crippen molar-refractivity contribution in [1.82, 2.24) is 0 Å². The highest BCUT2D eigenvalue weighted by Crippen LogP contribution is 2.23. The molecule has 10 heavy (non-hydrogen) atoms. The van der Waals surface area contributed by atoms with Crippen LogP contribution in [0, 0.1) is 0 Å². The summed E-state index contributed by atoms with van der Waals surface area (Å²) in [5, 5.41) is 0. The summed E-state index contributed by atoms with van der Waals surface area (Å²) in [4.78, 5) is 0. The summed E-state index contributed by atoms with van der Waals surface area (Å²) in [5.41, 5.74) is 8.78. The topological polar surface area (TPSA) is 0 Å². The van der Waals surface area contributed by atoms with Gasteiger partial charge in [0.2, 0.25) is 0 Å². The molecule has 0 spiro atoms. The number of allylic oxidation sites excluding steroid dienone is 6. The monoisotopic (exact) mass is 128 g/mol.